The van der Waals surface area contributed by atoms with Gasteiger partial charge in [-0.1, -0.05) is 50.3 Å². The molecule has 2 rings (SSSR count). The van der Waals surface area contributed by atoms with Crippen LogP contribution in [-0.4, -0.2) is 10.9 Å². The van der Waals surface area contributed by atoms with Crippen LogP contribution < -0.4 is 11.1 Å². The van der Waals surface area contributed by atoms with Crippen LogP contribution in [0.3, 0.4) is 0 Å². The highest BCUT2D eigenvalue weighted by Crippen LogP contribution is 2.18. The Hall–Kier alpha value is -2.20. The lowest BCUT2D eigenvalue weighted by molar-refractivity contribution is 0.102. The quantitative estimate of drug-likeness (QED) is 0.846. The lowest BCUT2D eigenvalue weighted by Gasteiger charge is -2.09. The molecule has 0 heterocycles. The van der Waals surface area contributed by atoms with E-state index < -0.39 is 0 Å². The van der Waals surface area contributed by atoms with Crippen molar-refractivity contribution in [1.29, 1.82) is 0 Å². The van der Waals surface area contributed by atoms with Crippen molar-refractivity contribution in [2.75, 3.05) is 5.32 Å². The summed E-state index contributed by atoms with van der Waals surface area (Å²) < 4.78 is 0. The van der Waals surface area contributed by atoms with Crippen molar-refractivity contribution < 1.29 is 4.79 Å². The van der Waals surface area contributed by atoms with Crippen molar-refractivity contribution in [3.8, 4) is 0 Å². The first kappa shape index (κ1) is 15.2. The first-order valence-electron chi connectivity index (χ1n) is 6.78. The molecule has 4 heteroatoms. The van der Waals surface area contributed by atoms with Crippen LogP contribution in [0.5, 0.6) is 0 Å². The second-order valence-corrected chi connectivity index (χ2v) is 5.62. The largest absolute Gasteiger partial charge is 0.389 e. The molecular formula is C17H18N2OS. The summed E-state index contributed by atoms with van der Waals surface area (Å²) in [5.74, 6) is 0.294. The van der Waals surface area contributed by atoms with E-state index >= 15 is 0 Å². The van der Waals surface area contributed by atoms with Crippen LogP contribution in [0.25, 0.3) is 0 Å². The molecule has 0 radical (unpaired) electrons. The minimum Gasteiger partial charge on any atom is -0.389 e. The number of anilines is 1. The zero-order valence-electron chi connectivity index (χ0n) is 12.1. The molecule has 0 aromatic heterocycles. The number of hydrogen-bond acceptors (Lipinski definition) is 2. The highest BCUT2D eigenvalue weighted by molar-refractivity contribution is 7.80. The maximum Gasteiger partial charge on any atom is 0.255 e. The molecule has 0 aliphatic carbocycles. The van der Waals surface area contributed by atoms with E-state index in [0.29, 0.717) is 17.0 Å². The number of nitrogens with two attached hydrogens (primary N) is 1. The summed E-state index contributed by atoms with van der Waals surface area (Å²) in [5, 5.41) is 2.87. The number of nitrogens with one attached hydrogen (secondary N) is 1. The van der Waals surface area contributed by atoms with Crippen molar-refractivity contribution in [3.63, 3.8) is 0 Å². The van der Waals surface area contributed by atoms with Crippen molar-refractivity contribution in [2.24, 2.45) is 5.73 Å². The lowest BCUT2D eigenvalue weighted by Crippen LogP contribution is -2.14. The molecule has 0 bridgehead atoms. The maximum atomic E-state index is 12.2. The summed E-state index contributed by atoms with van der Waals surface area (Å²) in [7, 11) is 0. The minimum absolute atomic E-state index is 0.176. The molecule has 0 fully saturated rings. The highest BCUT2D eigenvalue weighted by atomic mass is 32.1. The number of benzene rings is 2. The van der Waals surface area contributed by atoms with Crippen LogP contribution in [0.2, 0.25) is 0 Å². The van der Waals surface area contributed by atoms with Crippen LogP contribution >= 0.6 is 12.2 Å². The summed E-state index contributed by atoms with van der Waals surface area (Å²) in [6.07, 6.45) is 0. The number of carbonyl (C=O) groups is 1. The predicted molar refractivity (Wildman–Crippen MR) is 90.8 cm³/mol. The monoisotopic (exact) mass is 298 g/mol. The van der Waals surface area contributed by atoms with E-state index in [1.54, 1.807) is 24.3 Å². The Bertz CT molecular complexity index is 663. The summed E-state index contributed by atoms with van der Waals surface area (Å²) >= 11 is 4.92. The molecule has 21 heavy (non-hydrogen) atoms. The summed E-state index contributed by atoms with van der Waals surface area (Å²) in [6, 6.07) is 14.8. The van der Waals surface area contributed by atoms with Gasteiger partial charge in [0.1, 0.15) is 4.99 Å². The molecule has 0 aliphatic heterocycles. The molecule has 2 aromatic carbocycles. The molecule has 108 valence electrons. The highest BCUT2D eigenvalue weighted by Gasteiger charge is 2.08. The average Bonchev–Trinajstić information content (AvgIpc) is 2.48. The number of hydrogen-bond donors (Lipinski definition) is 2. The SMILES string of the molecule is CC(C)c1ccc(NC(=O)c2cccc(C(N)=S)c2)cc1. The Morgan fingerprint density at radius 2 is 1.71 bits per heavy atom. The molecule has 2 aromatic rings. The minimum atomic E-state index is -0.176. The van der Waals surface area contributed by atoms with Crippen LogP contribution in [0.15, 0.2) is 48.5 Å². The van der Waals surface area contributed by atoms with Gasteiger partial charge in [-0.05, 0) is 35.7 Å². The molecular weight excluding hydrogens is 280 g/mol. The second-order valence-electron chi connectivity index (χ2n) is 5.18. The van der Waals surface area contributed by atoms with Gasteiger partial charge in [0.25, 0.3) is 5.91 Å². The fraction of sp³-hybridized carbons (Fsp3) is 0.176. The van der Waals surface area contributed by atoms with Crippen LogP contribution in [0, 0.1) is 0 Å². The van der Waals surface area contributed by atoms with Gasteiger partial charge in [0, 0.05) is 16.8 Å². The lowest BCUT2D eigenvalue weighted by atomic mass is 10.0. The first-order chi connectivity index (χ1) is 9.97. The van der Waals surface area contributed by atoms with Crippen molar-refractivity contribution in [2.45, 2.75) is 19.8 Å². The molecule has 1 amide bonds. The van der Waals surface area contributed by atoms with Gasteiger partial charge in [-0.2, -0.15) is 0 Å². The fourth-order valence-electron chi connectivity index (χ4n) is 1.97. The van der Waals surface area contributed by atoms with Crippen molar-refractivity contribution >= 4 is 28.8 Å². The standard InChI is InChI=1S/C17H18N2OS/c1-11(2)12-6-8-15(9-7-12)19-17(20)14-5-3-4-13(10-14)16(18)21/h3-11H,1-2H3,(H2,18,21)(H,19,20). The second kappa shape index (κ2) is 6.50. The Balaban J connectivity index is 2.14. The van der Waals surface area contributed by atoms with Crippen LogP contribution in [-0.2, 0) is 0 Å². The van der Waals surface area contributed by atoms with E-state index in [1.165, 1.54) is 5.56 Å². The summed E-state index contributed by atoms with van der Waals surface area (Å²) in [6.45, 7) is 4.27. The Labute approximate surface area is 130 Å². The van der Waals surface area contributed by atoms with E-state index in [1.807, 2.05) is 24.3 Å². The molecule has 0 saturated heterocycles. The molecule has 0 unspecified atom stereocenters. The zero-order valence-corrected chi connectivity index (χ0v) is 12.9. The molecule has 0 aliphatic rings. The van der Waals surface area contributed by atoms with Crippen molar-refractivity contribution in [1.82, 2.24) is 0 Å². The number of rotatable bonds is 4. The Morgan fingerprint density at radius 1 is 1.10 bits per heavy atom. The normalized spacial score (nSPS) is 10.4. The van der Waals surface area contributed by atoms with Gasteiger partial charge >= 0.3 is 0 Å². The van der Waals surface area contributed by atoms with Gasteiger partial charge < -0.3 is 11.1 Å². The Morgan fingerprint density at radius 3 is 2.29 bits per heavy atom. The van der Waals surface area contributed by atoms with Gasteiger partial charge in [-0.15, -0.1) is 0 Å². The third-order valence-corrected chi connectivity index (χ3v) is 3.48. The Kier molecular flexibility index (Phi) is 4.70. The molecule has 3 nitrogen and oxygen atoms in total. The van der Waals surface area contributed by atoms with Crippen LogP contribution in [0.4, 0.5) is 5.69 Å². The predicted octanol–water partition coefficient (Wildman–Crippen LogP) is 3.70. The fourth-order valence-corrected chi connectivity index (χ4v) is 2.10. The maximum absolute atomic E-state index is 12.2. The van der Waals surface area contributed by atoms with Gasteiger partial charge in [-0.3, -0.25) is 4.79 Å². The number of carbonyl (C=O) groups excluding carboxylic acids is 1. The number of thiocarbonyl (C=S) groups is 1. The topological polar surface area (TPSA) is 55.1 Å². The van der Waals surface area contributed by atoms with Gasteiger partial charge in [0.2, 0.25) is 0 Å². The van der Waals surface area contributed by atoms with Gasteiger partial charge in [0.05, 0.1) is 0 Å². The van der Waals surface area contributed by atoms with E-state index in [2.05, 4.69) is 19.2 Å². The van der Waals surface area contributed by atoms with Gasteiger partial charge in [0.15, 0.2) is 0 Å². The summed E-state index contributed by atoms with van der Waals surface area (Å²) in [4.78, 5) is 12.5. The average molecular weight is 298 g/mol. The van der Waals surface area contributed by atoms with E-state index in [4.69, 9.17) is 18.0 Å². The van der Waals surface area contributed by atoms with E-state index in [9.17, 15) is 4.79 Å². The smallest absolute Gasteiger partial charge is 0.255 e. The molecule has 0 saturated carbocycles. The summed E-state index contributed by atoms with van der Waals surface area (Å²) in [5.41, 5.74) is 8.81. The first-order valence-corrected chi connectivity index (χ1v) is 7.19. The third kappa shape index (κ3) is 3.89. The van der Waals surface area contributed by atoms with Crippen molar-refractivity contribution in [3.05, 3.63) is 65.2 Å². The molecule has 0 atom stereocenters. The third-order valence-electron chi connectivity index (χ3n) is 3.24. The molecule has 0 spiro atoms. The van der Waals surface area contributed by atoms with Gasteiger partial charge in [-0.25, -0.2) is 0 Å². The van der Waals surface area contributed by atoms with E-state index in [0.717, 1.165) is 5.69 Å². The number of amides is 1. The van der Waals surface area contributed by atoms with E-state index in [-0.39, 0.29) is 10.9 Å². The van der Waals surface area contributed by atoms with Crippen LogP contribution in [0.1, 0.15) is 41.3 Å². The molecule has 3 N–H and O–H groups in total. The zero-order chi connectivity index (χ0) is 15.4.